The zero-order chi connectivity index (χ0) is 15.5. The van der Waals surface area contributed by atoms with Crippen molar-refractivity contribution in [3.05, 3.63) is 55.9 Å². The monoisotopic (exact) mass is 396 g/mol. The van der Waals surface area contributed by atoms with Crippen LogP contribution in [-0.4, -0.2) is 26.8 Å². The molecule has 0 saturated heterocycles. The molecule has 0 amide bonds. The number of halogens is 1. The smallest absolute Gasteiger partial charge is 0.225 e. The van der Waals surface area contributed by atoms with Gasteiger partial charge in [-0.25, -0.2) is 0 Å². The van der Waals surface area contributed by atoms with Crippen molar-refractivity contribution in [1.82, 2.24) is 19.8 Å². The van der Waals surface area contributed by atoms with Crippen molar-refractivity contribution in [3.63, 3.8) is 0 Å². The van der Waals surface area contributed by atoms with Crippen molar-refractivity contribution in [1.29, 1.82) is 0 Å². The SMILES string of the molecule is C[NH+](Cc1ccc(Br)s1)Cn1nnn(-c2ccccc2)c1=S. The van der Waals surface area contributed by atoms with Crippen LogP contribution in [0.2, 0.25) is 0 Å². The van der Waals surface area contributed by atoms with E-state index in [-0.39, 0.29) is 0 Å². The van der Waals surface area contributed by atoms with Gasteiger partial charge in [-0.05, 0) is 62.8 Å². The van der Waals surface area contributed by atoms with E-state index in [2.05, 4.69) is 45.5 Å². The molecule has 0 aliphatic carbocycles. The molecule has 0 radical (unpaired) electrons. The van der Waals surface area contributed by atoms with E-state index in [0.717, 1.165) is 16.0 Å². The van der Waals surface area contributed by atoms with Crippen molar-refractivity contribution in [2.45, 2.75) is 13.2 Å². The maximum absolute atomic E-state index is 5.48. The Balaban J connectivity index is 1.73. The molecule has 22 heavy (non-hydrogen) atoms. The molecule has 1 atom stereocenters. The number of quaternary nitrogens is 1. The van der Waals surface area contributed by atoms with Crippen molar-refractivity contribution < 1.29 is 4.90 Å². The third kappa shape index (κ3) is 3.52. The van der Waals surface area contributed by atoms with Crippen LogP contribution in [-0.2, 0) is 13.2 Å². The average molecular weight is 397 g/mol. The summed E-state index contributed by atoms with van der Waals surface area (Å²) in [6.07, 6.45) is 0. The molecule has 0 bridgehead atoms. The van der Waals surface area contributed by atoms with Crippen LogP contribution in [0.1, 0.15) is 4.88 Å². The lowest BCUT2D eigenvalue weighted by atomic mass is 10.3. The molecule has 0 aliphatic rings. The summed E-state index contributed by atoms with van der Waals surface area (Å²) in [6.45, 7) is 1.61. The van der Waals surface area contributed by atoms with E-state index in [1.54, 1.807) is 20.7 Å². The second kappa shape index (κ2) is 6.82. The minimum atomic E-state index is 0.609. The van der Waals surface area contributed by atoms with Crippen molar-refractivity contribution in [2.75, 3.05) is 7.05 Å². The van der Waals surface area contributed by atoms with E-state index in [4.69, 9.17) is 12.2 Å². The third-order valence-corrected chi connectivity index (χ3v) is 5.17. The fourth-order valence-corrected chi connectivity index (χ4v) is 4.00. The number of para-hydroxylation sites is 1. The van der Waals surface area contributed by atoms with Gasteiger partial charge in [-0.2, -0.15) is 9.36 Å². The number of aromatic nitrogens is 4. The number of tetrazole rings is 1. The Hall–Kier alpha value is -1.35. The molecular formula is C14H15BrN5S2+. The number of thiophene rings is 1. The van der Waals surface area contributed by atoms with E-state index in [0.29, 0.717) is 11.4 Å². The fraction of sp³-hybridized carbons (Fsp3) is 0.214. The minimum Gasteiger partial charge on any atom is -0.314 e. The van der Waals surface area contributed by atoms with Gasteiger partial charge in [0.1, 0.15) is 6.54 Å². The maximum atomic E-state index is 5.48. The van der Waals surface area contributed by atoms with Crippen LogP contribution in [0.25, 0.3) is 5.69 Å². The van der Waals surface area contributed by atoms with Gasteiger partial charge in [-0.1, -0.05) is 18.2 Å². The summed E-state index contributed by atoms with van der Waals surface area (Å²) in [4.78, 5) is 2.62. The zero-order valence-corrected chi connectivity index (χ0v) is 15.2. The summed E-state index contributed by atoms with van der Waals surface area (Å²) in [5, 5.41) is 8.34. The first-order valence-electron chi connectivity index (χ1n) is 6.77. The Morgan fingerprint density at radius 3 is 2.64 bits per heavy atom. The maximum Gasteiger partial charge on any atom is 0.225 e. The Morgan fingerprint density at radius 1 is 1.18 bits per heavy atom. The van der Waals surface area contributed by atoms with Gasteiger partial charge in [0, 0.05) is 0 Å². The number of hydrogen-bond acceptors (Lipinski definition) is 4. The molecule has 0 aliphatic heterocycles. The molecule has 8 heteroatoms. The van der Waals surface area contributed by atoms with Gasteiger partial charge in [0.15, 0.2) is 6.67 Å². The first kappa shape index (κ1) is 15.5. The van der Waals surface area contributed by atoms with Gasteiger partial charge in [0.2, 0.25) is 4.77 Å². The van der Waals surface area contributed by atoms with Gasteiger partial charge in [-0.3, -0.25) is 0 Å². The van der Waals surface area contributed by atoms with Crippen LogP contribution in [0.3, 0.4) is 0 Å². The predicted octanol–water partition coefficient (Wildman–Crippen LogP) is 2.29. The summed E-state index contributed by atoms with van der Waals surface area (Å²) < 4.78 is 5.21. The molecule has 1 unspecified atom stereocenters. The quantitative estimate of drug-likeness (QED) is 0.672. The van der Waals surface area contributed by atoms with E-state index in [1.807, 2.05) is 30.3 Å². The highest BCUT2D eigenvalue weighted by Gasteiger charge is 2.11. The lowest BCUT2D eigenvalue weighted by Crippen LogP contribution is -3.06. The zero-order valence-electron chi connectivity index (χ0n) is 11.9. The number of hydrogen-bond donors (Lipinski definition) is 1. The second-order valence-electron chi connectivity index (χ2n) is 5.01. The Kier molecular flexibility index (Phi) is 4.82. The van der Waals surface area contributed by atoms with Gasteiger partial charge in [0.25, 0.3) is 0 Å². The standard InChI is InChI=1S/C14H14BrN5S2/c1-18(9-12-7-8-13(15)22-12)10-19-14(21)20(17-16-19)11-5-3-2-4-6-11/h2-8H,9-10H2,1H3/p+1. The van der Waals surface area contributed by atoms with Gasteiger partial charge in [0.05, 0.1) is 21.4 Å². The van der Waals surface area contributed by atoms with E-state index < -0.39 is 0 Å². The first-order chi connectivity index (χ1) is 10.6. The summed E-state index contributed by atoms with van der Waals surface area (Å²) in [5.74, 6) is 0. The lowest BCUT2D eigenvalue weighted by molar-refractivity contribution is -0.917. The molecule has 0 saturated carbocycles. The highest BCUT2D eigenvalue weighted by molar-refractivity contribution is 9.11. The molecule has 2 heterocycles. The van der Waals surface area contributed by atoms with Crippen molar-refractivity contribution in [3.8, 4) is 5.69 Å². The largest absolute Gasteiger partial charge is 0.314 e. The highest BCUT2D eigenvalue weighted by atomic mass is 79.9. The Bertz CT molecular complexity index is 808. The predicted molar refractivity (Wildman–Crippen MR) is 92.8 cm³/mol. The molecule has 5 nitrogen and oxygen atoms in total. The summed E-state index contributed by atoms with van der Waals surface area (Å²) in [6, 6.07) is 14.0. The summed E-state index contributed by atoms with van der Waals surface area (Å²) >= 11 is 10.7. The van der Waals surface area contributed by atoms with Crippen molar-refractivity contribution in [2.24, 2.45) is 0 Å². The normalized spacial score (nSPS) is 12.5. The summed E-state index contributed by atoms with van der Waals surface area (Å²) in [7, 11) is 2.12. The molecule has 0 fully saturated rings. The number of rotatable bonds is 5. The number of nitrogens with one attached hydrogen (secondary N) is 1. The number of benzene rings is 1. The molecular weight excluding hydrogens is 382 g/mol. The van der Waals surface area contributed by atoms with Crippen LogP contribution in [0.4, 0.5) is 0 Å². The molecule has 3 aromatic rings. The van der Waals surface area contributed by atoms with Crippen LogP contribution >= 0.6 is 39.5 Å². The fourth-order valence-electron chi connectivity index (χ4n) is 2.16. The second-order valence-corrected chi connectivity index (χ2v) is 7.92. The molecule has 2 aromatic heterocycles. The average Bonchev–Trinajstić information content (AvgIpc) is 3.07. The van der Waals surface area contributed by atoms with Crippen LogP contribution in [0.15, 0.2) is 46.3 Å². The van der Waals surface area contributed by atoms with Crippen LogP contribution in [0.5, 0.6) is 0 Å². The first-order valence-corrected chi connectivity index (χ1v) is 8.79. The lowest BCUT2D eigenvalue weighted by Gasteiger charge is -2.11. The van der Waals surface area contributed by atoms with Crippen molar-refractivity contribution >= 4 is 39.5 Å². The molecule has 1 N–H and O–H groups in total. The topological polar surface area (TPSA) is 40.1 Å². The van der Waals surface area contributed by atoms with E-state index in [9.17, 15) is 0 Å². The molecule has 0 spiro atoms. The highest BCUT2D eigenvalue weighted by Crippen LogP contribution is 2.21. The van der Waals surface area contributed by atoms with Gasteiger partial charge < -0.3 is 4.90 Å². The minimum absolute atomic E-state index is 0.609. The van der Waals surface area contributed by atoms with E-state index in [1.165, 1.54) is 9.78 Å². The Morgan fingerprint density at radius 2 is 1.95 bits per heavy atom. The van der Waals surface area contributed by atoms with E-state index >= 15 is 0 Å². The summed E-state index contributed by atoms with van der Waals surface area (Å²) in [5.41, 5.74) is 0.929. The van der Waals surface area contributed by atoms with Crippen LogP contribution < -0.4 is 4.90 Å². The third-order valence-electron chi connectivity index (χ3n) is 3.16. The van der Waals surface area contributed by atoms with Crippen LogP contribution in [0, 0.1) is 4.77 Å². The molecule has 114 valence electrons. The Labute approximate surface area is 145 Å². The van der Waals surface area contributed by atoms with Gasteiger partial charge >= 0.3 is 0 Å². The molecule has 3 rings (SSSR count). The number of nitrogens with zero attached hydrogens (tertiary/aromatic N) is 4. The molecule has 1 aromatic carbocycles. The van der Waals surface area contributed by atoms with Gasteiger partial charge in [-0.15, -0.1) is 11.3 Å².